The molecule has 0 saturated carbocycles. The Kier molecular flexibility index (Phi) is 2.90. The minimum atomic E-state index is -4.44. The lowest BCUT2D eigenvalue weighted by molar-refractivity contribution is -0.137. The van der Waals surface area contributed by atoms with Gasteiger partial charge in [0.25, 0.3) is 0 Å². The second-order valence-corrected chi connectivity index (χ2v) is 4.15. The number of aliphatic hydroxyl groups excluding tert-OH is 1. The van der Waals surface area contributed by atoms with Crippen molar-refractivity contribution < 1.29 is 18.3 Å². The number of aromatic nitrogens is 1. The second-order valence-electron chi connectivity index (χ2n) is 3.14. The lowest BCUT2D eigenvalue weighted by Crippen LogP contribution is -2.11. The van der Waals surface area contributed by atoms with Gasteiger partial charge in [0.05, 0.1) is 5.56 Å². The molecule has 0 bridgehead atoms. The van der Waals surface area contributed by atoms with Crippen molar-refractivity contribution in [3.63, 3.8) is 0 Å². The summed E-state index contributed by atoms with van der Waals surface area (Å²) in [5.74, 6) is 0.279. The van der Waals surface area contributed by atoms with Crippen LogP contribution in [0.25, 0.3) is 0 Å². The average Bonchev–Trinajstić information content (AvgIpc) is 2.64. The minimum absolute atomic E-state index is 0.0726. The van der Waals surface area contributed by atoms with Crippen molar-refractivity contribution in [1.29, 1.82) is 0 Å². The normalized spacial score (nSPS) is 21.0. The van der Waals surface area contributed by atoms with Gasteiger partial charge < -0.3 is 5.11 Å². The topological polar surface area (TPSA) is 45.5 Å². The molecule has 1 unspecified atom stereocenters. The first-order valence-electron chi connectivity index (χ1n) is 4.39. The number of halogens is 3. The van der Waals surface area contributed by atoms with Gasteiger partial charge in [0, 0.05) is 23.7 Å². The van der Waals surface area contributed by atoms with Crippen LogP contribution in [0.5, 0.6) is 0 Å². The third-order valence-corrected chi connectivity index (χ3v) is 3.06. The molecule has 16 heavy (non-hydrogen) atoms. The van der Waals surface area contributed by atoms with Crippen LogP contribution in [0.2, 0.25) is 0 Å². The molecule has 1 aromatic rings. The van der Waals surface area contributed by atoms with Gasteiger partial charge in [0.1, 0.15) is 5.04 Å². The van der Waals surface area contributed by atoms with Crippen LogP contribution in [0.15, 0.2) is 23.5 Å². The summed E-state index contributed by atoms with van der Waals surface area (Å²) >= 11 is 1.09. The third kappa shape index (κ3) is 2.19. The quantitative estimate of drug-likeness (QED) is 0.825. The smallest absolute Gasteiger partial charge is 0.371 e. The summed E-state index contributed by atoms with van der Waals surface area (Å²) in [7, 11) is 0. The Labute approximate surface area is 93.4 Å². The fourth-order valence-corrected chi connectivity index (χ4v) is 2.22. The van der Waals surface area contributed by atoms with E-state index in [1.54, 1.807) is 0 Å². The fraction of sp³-hybridized carbons (Fsp3) is 0.333. The van der Waals surface area contributed by atoms with Crippen LogP contribution in [0, 0.1) is 0 Å². The van der Waals surface area contributed by atoms with Crippen molar-refractivity contribution in [2.45, 2.75) is 12.4 Å². The molecular formula is C9H7F3N2OS. The minimum Gasteiger partial charge on any atom is -0.371 e. The third-order valence-electron chi connectivity index (χ3n) is 1.99. The molecule has 1 aliphatic heterocycles. The molecule has 0 amide bonds. The van der Waals surface area contributed by atoms with E-state index < -0.39 is 18.0 Å². The molecule has 2 heterocycles. The average molecular weight is 248 g/mol. The van der Waals surface area contributed by atoms with Crippen LogP contribution >= 0.6 is 11.8 Å². The standard InChI is InChI=1S/C9H7F3N2OS/c10-9(11,12)6-1-2-13-3-5(6)8-14-7(15)4-16-8/h1-3,7,15H,4H2. The van der Waals surface area contributed by atoms with Gasteiger partial charge in [-0.25, -0.2) is 4.99 Å². The molecule has 1 aromatic heterocycles. The predicted molar refractivity (Wildman–Crippen MR) is 54.2 cm³/mol. The van der Waals surface area contributed by atoms with Crippen molar-refractivity contribution in [3.8, 4) is 0 Å². The highest BCUT2D eigenvalue weighted by Gasteiger charge is 2.35. The molecule has 0 spiro atoms. The molecule has 2 rings (SSSR count). The highest BCUT2D eigenvalue weighted by Crippen LogP contribution is 2.34. The van der Waals surface area contributed by atoms with E-state index in [-0.39, 0.29) is 16.4 Å². The lowest BCUT2D eigenvalue weighted by Gasteiger charge is -2.10. The summed E-state index contributed by atoms with van der Waals surface area (Å²) in [6, 6.07) is 0.906. The van der Waals surface area contributed by atoms with Gasteiger partial charge in [-0.15, -0.1) is 11.8 Å². The van der Waals surface area contributed by atoms with Gasteiger partial charge in [0.15, 0.2) is 6.23 Å². The first kappa shape index (κ1) is 11.4. The Morgan fingerprint density at radius 3 is 2.75 bits per heavy atom. The van der Waals surface area contributed by atoms with E-state index in [9.17, 15) is 13.2 Å². The van der Waals surface area contributed by atoms with E-state index in [0.29, 0.717) is 0 Å². The van der Waals surface area contributed by atoms with Crippen LogP contribution in [0.1, 0.15) is 11.1 Å². The zero-order chi connectivity index (χ0) is 11.8. The van der Waals surface area contributed by atoms with Crippen molar-refractivity contribution in [2.75, 3.05) is 5.75 Å². The lowest BCUT2D eigenvalue weighted by atomic mass is 10.1. The van der Waals surface area contributed by atoms with E-state index >= 15 is 0 Å². The molecule has 0 aliphatic carbocycles. The maximum Gasteiger partial charge on any atom is 0.417 e. The zero-order valence-electron chi connectivity index (χ0n) is 7.90. The van der Waals surface area contributed by atoms with Crippen LogP contribution < -0.4 is 0 Å². The summed E-state index contributed by atoms with van der Waals surface area (Å²) < 4.78 is 37.9. The van der Waals surface area contributed by atoms with Crippen LogP contribution in [-0.2, 0) is 6.18 Å². The molecule has 7 heteroatoms. The van der Waals surface area contributed by atoms with E-state index in [1.165, 1.54) is 0 Å². The summed E-state index contributed by atoms with van der Waals surface area (Å²) in [6.07, 6.45) is -3.16. The largest absolute Gasteiger partial charge is 0.417 e. The van der Waals surface area contributed by atoms with Crippen LogP contribution in [0.3, 0.4) is 0 Å². The maximum absolute atomic E-state index is 12.6. The Bertz CT molecular complexity index is 433. The zero-order valence-corrected chi connectivity index (χ0v) is 8.72. The molecule has 1 atom stereocenters. The van der Waals surface area contributed by atoms with Crippen LogP contribution in [-0.4, -0.2) is 27.1 Å². The number of rotatable bonds is 1. The van der Waals surface area contributed by atoms with Gasteiger partial charge >= 0.3 is 6.18 Å². The highest BCUT2D eigenvalue weighted by molar-refractivity contribution is 8.14. The first-order valence-corrected chi connectivity index (χ1v) is 5.37. The Morgan fingerprint density at radius 1 is 1.44 bits per heavy atom. The summed E-state index contributed by atoms with van der Waals surface area (Å²) in [6.45, 7) is 0. The van der Waals surface area contributed by atoms with Crippen molar-refractivity contribution in [1.82, 2.24) is 4.98 Å². The Morgan fingerprint density at radius 2 is 2.19 bits per heavy atom. The summed E-state index contributed by atoms with van der Waals surface area (Å²) in [5, 5.41) is 9.33. The summed E-state index contributed by atoms with van der Waals surface area (Å²) in [4.78, 5) is 7.38. The second kappa shape index (κ2) is 4.06. The van der Waals surface area contributed by atoms with E-state index in [2.05, 4.69) is 9.98 Å². The molecule has 0 radical (unpaired) electrons. The summed E-state index contributed by atoms with van der Waals surface area (Å²) in [5.41, 5.74) is -0.848. The molecule has 0 aromatic carbocycles. The molecule has 3 nitrogen and oxygen atoms in total. The van der Waals surface area contributed by atoms with Gasteiger partial charge in [-0.05, 0) is 6.07 Å². The number of hydrogen-bond acceptors (Lipinski definition) is 4. The number of hydrogen-bond donors (Lipinski definition) is 1. The van der Waals surface area contributed by atoms with Gasteiger partial charge in [-0.3, -0.25) is 4.98 Å². The van der Waals surface area contributed by atoms with Gasteiger partial charge in [0.2, 0.25) is 0 Å². The Balaban J connectivity index is 2.45. The van der Waals surface area contributed by atoms with E-state index in [0.717, 1.165) is 30.2 Å². The maximum atomic E-state index is 12.6. The van der Waals surface area contributed by atoms with Crippen molar-refractivity contribution >= 4 is 16.8 Å². The SMILES string of the molecule is OC1CSC(c2cnccc2C(F)(F)F)=N1. The molecule has 0 saturated heterocycles. The van der Waals surface area contributed by atoms with E-state index in [4.69, 9.17) is 5.11 Å². The molecule has 0 fully saturated rings. The van der Waals surface area contributed by atoms with Gasteiger partial charge in [-0.2, -0.15) is 13.2 Å². The fourth-order valence-electron chi connectivity index (χ4n) is 1.32. The number of aliphatic hydroxyl groups is 1. The Hall–Kier alpha value is -1.08. The number of nitrogens with zero attached hydrogens (tertiary/aromatic N) is 2. The number of pyridine rings is 1. The number of alkyl halides is 3. The van der Waals surface area contributed by atoms with Crippen molar-refractivity contribution in [3.05, 3.63) is 29.6 Å². The molecule has 1 N–H and O–H groups in total. The predicted octanol–water partition coefficient (Wildman–Crippen LogP) is 1.91. The molecular weight excluding hydrogens is 241 g/mol. The van der Waals surface area contributed by atoms with Crippen LogP contribution in [0.4, 0.5) is 13.2 Å². The molecule has 1 aliphatic rings. The first-order chi connectivity index (χ1) is 7.48. The monoisotopic (exact) mass is 248 g/mol. The highest BCUT2D eigenvalue weighted by atomic mass is 32.2. The van der Waals surface area contributed by atoms with Crippen molar-refractivity contribution in [2.24, 2.45) is 4.99 Å². The number of aliphatic imine (C=N–C) groups is 1. The van der Waals surface area contributed by atoms with Gasteiger partial charge in [-0.1, -0.05) is 0 Å². The van der Waals surface area contributed by atoms with E-state index in [1.807, 2.05) is 0 Å². The number of thioether (sulfide) groups is 1. The molecule has 86 valence electrons.